The maximum Gasteiger partial charge on any atom is 0.0589 e. The topological polar surface area (TPSA) is 37.4 Å². The van der Waals surface area contributed by atoms with Crippen molar-refractivity contribution in [2.45, 2.75) is 50.0 Å². The molecule has 156 valence electrons. The van der Waals surface area contributed by atoms with E-state index < -0.39 is 0 Å². The molecule has 1 saturated carbocycles. The Morgan fingerprint density at radius 2 is 2.14 bits per heavy atom. The summed E-state index contributed by atoms with van der Waals surface area (Å²) in [7, 11) is 1.82. The third-order valence-electron chi connectivity index (χ3n) is 7.48. The molecule has 3 atom stereocenters. The SMILES string of the molecule is COCCN1CC[C@]23CCCC[C@H]2[C@H]1Cc1ccc(Nc2cccnc2)cc13.Cl. The van der Waals surface area contributed by atoms with E-state index in [1.807, 2.05) is 25.6 Å². The second-order valence-electron chi connectivity index (χ2n) is 8.80. The Hall–Kier alpha value is -1.62. The van der Waals surface area contributed by atoms with Crippen molar-refractivity contribution < 1.29 is 4.74 Å². The lowest BCUT2D eigenvalue weighted by Gasteiger charge is -2.59. The van der Waals surface area contributed by atoms with Gasteiger partial charge in [-0.2, -0.15) is 0 Å². The maximum atomic E-state index is 5.40. The summed E-state index contributed by atoms with van der Waals surface area (Å²) in [4.78, 5) is 6.96. The van der Waals surface area contributed by atoms with Gasteiger partial charge < -0.3 is 10.1 Å². The highest BCUT2D eigenvalue weighted by molar-refractivity contribution is 5.85. The molecule has 5 heteroatoms. The summed E-state index contributed by atoms with van der Waals surface area (Å²) < 4.78 is 5.40. The number of nitrogens with zero attached hydrogens (tertiary/aromatic N) is 2. The van der Waals surface area contributed by atoms with Gasteiger partial charge in [0.05, 0.1) is 18.5 Å². The Kier molecular flexibility index (Phi) is 6.14. The predicted octanol–water partition coefficient (Wildman–Crippen LogP) is 4.95. The number of fused-ring (bicyclic) bond motifs is 1. The number of methoxy groups -OCH3 is 1. The zero-order valence-corrected chi connectivity index (χ0v) is 18.1. The Labute approximate surface area is 180 Å². The highest BCUT2D eigenvalue weighted by Crippen LogP contribution is 2.56. The molecule has 1 aliphatic heterocycles. The number of pyridine rings is 1. The summed E-state index contributed by atoms with van der Waals surface area (Å²) in [5, 5.41) is 3.57. The number of ether oxygens (including phenoxy) is 1. The van der Waals surface area contributed by atoms with Crippen molar-refractivity contribution >= 4 is 23.8 Å². The van der Waals surface area contributed by atoms with Crippen LogP contribution in [0.25, 0.3) is 0 Å². The molecule has 1 aromatic carbocycles. The molecule has 0 radical (unpaired) electrons. The van der Waals surface area contributed by atoms with Crippen molar-refractivity contribution in [3.63, 3.8) is 0 Å². The van der Waals surface area contributed by atoms with E-state index in [-0.39, 0.29) is 12.4 Å². The molecule has 5 rings (SSSR count). The maximum absolute atomic E-state index is 5.40. The lowest BCUT2D eigenvalue weighted by atomic mass is 9.52. The summed E-state index contributed by atoms with van der Waals surface area (Å²) in [5.41, 5.74) is 5.84. The largest absolute Gasteiger partial charge is 0.383 e. The Bertz CT molecular complexity index is 830. The summed E-state index contributed by atoms with van der Waals surface area (Å²) in [5.74, 6) is 0.799. The number of rotatable bonds is 5. The second-order valence-corrected chi connectivity index (χ2v) is 8.80. The molecule has 0 spiro atoms. The molecule has 4 nitrogen and oxygen atoms in total. The molecule has 1 aromatic heterocycles. The van der Waals surface area contributed by atoms with Crippen LogP contribution in [0.4, 0.5) is 11.4 Å². The van der Waals surface area contributed by atoms with Crippen LogP contribution < -0.4 is 5.32 Å². The molecule has 2 fully saturated rings. The number of likely N-dealkylation sites (tertiary alicyclic amines) is 1. The van der Waals surface area contributed by atoms with Crippen molar-refractivity contribution in [3.8, 4) is 0 Å². The number of benzene rings is 1. The minimum atomic E-state index is 0. The fourth-order valence-corrected chi connectivity index (χ4v) is 6.25. The van der Waals surface area contributed by atoms with E-state index in [9.17, 15) is 0 Å². The zero-order valence-electron chi connectivity index (χ0n) is 17.3. The quantitative estimate of drug-likeness (QED) is 0.752. The van der Waals surface area contributed by atoms with Crippen LogP contribution in [0, 0.1) is 5.92 Å². The highest BCUT2D eigenvalue weighted by Gasteiger charge is 2.53. The average Bonchev–Trinajstić information content (AvgIpc) is 2.74. The number of nitrogens with one attached hydrogen (secondary N) is 1. The van der Waals surface area contributed by atoms with Gasteiger partial charge >= 0.3 is 0 Å². The van der Waals surface area contributed by atoms with Crippen LogP contribution in [-0.2, 0) is 16.6 Å². The van der Waals surface area contributed by atoms with Gasteiger partial charge in [0.1, 0.15) is 0 Å². The first kappa shape index (κ1) is 20.6. The standard InChI is InChI=1S/C24H31N3O.ClH/c1-28-14-13-27-12-10-24-9-3-2-6-21(24)23(27)15-18-7-8-19(16-22(18)24)26-20-5-4-11-25-17-20;/h4-5,7-8,11,16-17,21,23,26H,2-3,6,9-10,12-15H2,1H3;1H/t21-,23+,24+;/m0./s1. The smallest absolute Gasteiger partial charge is 0.0589 e. The van der Waals surface area contributed by atoms with Crippen molar-refractivity contribution in [3.05, 3.63) is 53.9 Å². The Balaban J connectivity index is 0.00000205. The first-order valence-corrected chi connectivity index (χ1v) is 10.8. The first-order valence-electron chi connectivity index (χ1n) is 10.8. The molecule has 2 aromatic rings. The zero-order chi connectivity index (χ0) is 19.0. The number of halogens is 1. The number of piperidine rings is 1. The van der Waals surface area contributed by atoms with Gasteiger partial charge in [0.15, 0.2) is 0 Å². The van der Waals surface area contributed by atoms with Crippen molar-refractivity contribution in [2.24, 2.45) is 5.92 Å². The number of hydrogen-bond acceptors (Lipinski definition) is 4. The van der Waals surface area contributed by atoms with Crippen molar-refractivity contribution in [1.82, 2.24) is 9.88 Å². The minimum absolute atomic E-state index is 0. The normalized spacial score (nSPS) is 28.0. The number of aromatic nitrogens is 1. The van der Waals surface area contributed by atoms with E-state index in [0.29, 0.717) is 11.5 Å². The van der Waals surface area contributed by atoms with E-state index in [1.54, 1.807) is 11.1 Å². The molecule has 29 heavy (non-hydrogen) atoms. The molecule has 0 unspecified atom stereocenters. The van der Waals surface area contributed by atoms with Gasteiger partial charge in [-0.25, -0.2) is 0 Å². The average molecular weight is 414 g/mol. The molecule has 1 saturated heterocycles. The summed E-state index contributed by atoms with van der Waals surface area (Å²) >= 11 is 0. The predicted molar refractivity (Wildman–Crippen MR) is 120 cm³/mol. The van der Waals surface area contributed by atoms with Gasteiger partial charge in [-0.05, 0) is 73.5 Å². The minimum Gasteiger partial charge on any atom is -0.383 e. The molecular weight excluding hydrogens is 382 g/mol. The van der Waals surface area contributed by atoms with Crippen LogP contribution in [0.5, 0.6) is 0 Å². The molecule has 2 bridgehead atoms. The molecular formula is C24H32ClN3O. The molecule has 2 aliphatic carbocycles. The van der Waals surface area contributed by atoms with Crippen LogP contribution >= 0.6 is 12.4 Å². The summed E-state index contributed by atoms with van der Waals surface area (Å²) in [6.07, 6.45) is 11.7. The van der Waals surface area contributed by atoms with E-state index in [4.69, 9.17) is 4.74 Å². The van der Waals surface area contributed by atoms with Gasteiger partial charge in [-0.1, -0.05) is 18.9 Å². The third kappa shape index (κ3) is 3.67. The van der Waals surface area contributed by atoms with Gasteiger partial charge in [-0.3, -0.25) is 9.88 Å². The monoisotopic (exact) mass is 413 g/mol. The fourth-order valence-electron chi connectivity index (χ4n) is 6.25. The molecule has 1 N–H and O–H groups in total. The fraction of sp³-hybridized carbons (Fsp3) is 0.542. The van der Waals surface area contributed by atoms with Crippen LogP contribution in [0.2, 0.25) is 0 Å². The number of hydrogen-bond donors (Lipinski definition) is 1. The van der Waals surface area contributed by atoms with Crippen LogP contribution in [0.1, 0.15) is 43.2 Å². The second kappa shape index (κ2) is 8.63. The Morgan fingerprint density at radius 3 is 2.97 bits per heavy atom. The van der Waals surface area contributed by atoms with Gasteiger partial charge in [0, 0.05) is 37.0 Å². The van der Waals surface area contributed by atoms with E-state index in [0.717, 1.165) is 24.8 Å². The molecule has 2 heterocycles. The molecule has 0 amide bonds. The van der Waals surface area contributed by atoms with Crippen LogP contribution in [0.3, 0.4) is 0 Å². The number of anilines is 2. The lowest BCUT2D eigenvalue weighted by molar-refractivity contribution is -0.0205. The van der Waals surface area contributed by atoms with Gasteiger partial charge in [0.2, 0.25) is 0 Å². The van der Waals surface area contributed by atoms with Crippen LogP contribution in [-0.4, -0.2) is 42.7 Å². The first-order chi connectivity index (χ1) is 13.8. The van der Waals surface area contributed by atoms with Crippen molar-refractivity contribution in [1.29, 1.82) is 0 Å². The highest BCUT2D eigenvalue weighted by atomic mass is 35.5. The third-order valence-corrected chi connectivity index (χ3v) is 7.48. The van der Waals surface area contributed by atoms with Gasteiger partial charge in [-0.15, -0.1) is 12.4 Å². The van der Waals surface area contributed by atoms with Crippen molar-refractivity contribution in [2.75, 3.05) is 32.1 Å². The van der Waals surface area contributed by atoms with E-state index in [2.05, 4.69) is 39.5 Å². The lowest BCUT2D eigenvalue weighted by Crippen LogP contribution is -2.61. The van der Waals surface area contributed by atoms with E-state index >= 15 is 0 Å². The van der Waals surface area contributed by atoms with Gasteiger partial charge in [0.25, 0.3) is 0 Å². The van der Waals surface area contributed by atoms with Crippen LogP contribution in [0.15, 0.2) is 42.7 Å². The molecule has 3 aliphatic rings. The van der Waals surface area contributed by atoms with E-state index in [1.165, 1.54) is 50.8 Å². The summed E-state index contributed by atoms with van der Waals surface area (Å²) in [6, 6.07) is 11.8. The summed E-state index contributed by atoms with van der Waals surface area (Å²) in [6.45, 7) is 3.13. The Morgan fingerprint density at radius 1 is 1.21 bits per heavy atom.